The number of thiocarbonyl (C=S) groups is 1. The Morgan fingerprint density at radius 2 is 2.14 bits per heavy atom. The second kappa shape index (κ2) is 6.05. The number of nitrogens with zero attached hydrogens (tertiary/aromatic N) is 1. The van der Waals surface area contributed by atoms with E-state index in [1.165, 1.54) is 37.1 Å². The van der Waals surface area contributed by atoms with Gasteiger partial charge in [-0.3, -0.25) is 0 Å². The molecule has 1 aliphatic carbocycles. The van der Waals surface area contributed by atoms with Gasteiger partial charge in [-0.15, -0.1) is 0 Å². The second-order valence-electron chi connectivity index (χ2n) is 6.68. The molecule has 5 heteroatoms. The van der Waals surface area contributed by atoms with Crippen molar-refractivity contribution in [2.75, 3.05) is 32.8 Å². The first kappa shape index (κ1) is 14.3. The Morgan fingerprint density at radius 1 is 1.32 bits per heavy atom. The smallest absolute Gasteiger partial charge is 0.169 e. The van der Waals surface area contributed by atoms with E-state index in [0.717, 1.165) is 43.5 Å². The van der Waals surface area contributed by atoms with Crippen LogP contribution in [0.5, 0.6) is 5.75 Å². The topological polar surface area (TPSA) is 28.9 Å². The Morgan fingerprint density at radius 3 is 2.91 bits per heavy atom. The van der Waals surface area contributed by atoms with Crippen LogP contribution in [0, 0.1) is 0 Å². The van der Waals surface area contributed by atoms with E-state index in [2.05, 4.69) is 28.4 Å². The number of ether oxygens (including phenoxy) is 1. The van der Waals surface area contributed by atoms with E-state index in [4.69, 9.17) is 17.0 Å². The number of quaternary nitrogens is 1. The molecule has 1 aromatic rings. The maximum Gasteiger partial charge on any atom is 0.169 e. The van der Waals surface area contributed by atoms with Gasteiger partial charge in [0.25, 0.3) is 0 Å². The van der Waals surface area contributed by atoms with E-state index in [1.807, 2.05) is 0 Å². The van der Waals surface area contributed by atoms with Gasteiger partial charge in [0.1, 0.15) is 12.3 Å². The number of benzene rings is 1. The average Bonchev–Trinajstić information content (AvgIpc) is 3.22. The summed E-state index contributed by atoms with van der Waals surface area (Å²) in [5.74, 6) is 1.08. The van der Waals surface area contributed by atoms with Gasteiger partial charge in [0, 0.05) is 18.0 Å². The first-order valence-electron chi connectivity index (χ1n) is 8.41. The molecule has 0 unspecified atom stereocenters. The number of hydrogen-bond acceptors (Lipinski definition) is 2. The molecule has 4 nitrogen and oxygen atoms in total. The molecule has 0 amide bonds. The molecule has 0 radical (unpaired) electrons. The van der Waals surface area contributed by atoms with Gasteiger partial charge in [0.05, 0.1) is 32.8 Å². The van der Waals surface area contributed by atoms with E-state index in [0.29, 0.717) is 6.04 Å². The molecule has 1 saturated heterocycles. The Balaban J connectivity index is 1.29. The van der Waals surface area contributed by atoms with Crippen molar-refractivity contribution in [1.82, 2.24) is 10.2 Å². The molecule has 2 fully saturated rings. The predicted octanol–water partition coefficient (Wildman–Crippen LogP) is 0.359. The van der Waals surface area contributed by atoms with Gasteiger partial charge in [-0.1, -0.05) is 0 Å². The lowest BCUT2D eigenvalue weighted by atomic mass is 10.1. The summed E-state index contributed by atoms with van der Waals surface area (Å²) < 4.78 is 5.59. The van der Waals surface area contributed by atoms with Crippen LogP contribution >= 0.6 is 12.2 Å². The molecular formula is C17H24N3OS+. The summed E-state index contributed by atoms with van der Waals surface area (Å²) in [4.78, 5) is 4.00. The second-order valence-corrected chi connectivity index (χ2v) is 7.06. The average molecular weight is 318 g/mol. The number of fused-ring (bicyclic) bond motifs is 1. The fourth-order valence-electron chi connectivity index (χ4n) is 3.33. The van der Waals surface area contributed by atoms with Gasteiger partial charge >= 0.3 is 0 Å². The molecule has 4 rings (SSSR count). The predicted molar refractivity (Wildman–Crippen MR) is 90.4 cm³/mol. The van der Waals surface area contributed by atoms with Gasteiger partial charge in [0.15, 0.2) is 5.11 Å². The van der Waals surface area contributed by atoms with Crippen molar-refractivity contribution in [3.63, 3.8) is 0 Å². The van der Waals surface area contributed by atoms with E-state index >= 15 is 0 Å². The van der Waals surface area contributed by atoms with Gasteiger partial charge in [0.2, 0.25) is 0 Å². The molecule has 1 aromatic carbocycles. The highest BCUT2D eigenvalue weighted by Gasteiger charge is 2.27. The van der Waals surface area contributed by atoms with Gasteiger partial charge in [-0.25, -0.2) is 0 Å². The van der Waals surface area contributed by atoms with Crippen LogP contribution in [0.4, 0.5) is 0 Å². The molecule has 22 heavy (non-hydrogen) atoms. The van der Waals surface area contributed by atoms with Crippen LogP contribution in [0.2, 0.25) is 0 Å². The van der Waals surface area contributed by atoms with Crippen LogP contribution in [0.3, 0.4) is 0 Å². The lowest BCUT2D eigenvalue weighted by Crippen LogP contribution is -3.13. The van der Waals surface area contributed by atoms with Gasteiger partial charge in [-0.05, 0) is 48.8 Å². The van der Waals surface area contributed by atoms with Crippen molar-refractivity contribution >= 4 is 17.3 Å². The minimum Gasteiger partial charge on any atom is -0.493 e. The lowest BCUT2D eigenvalue weighted by Gasteiger charge is -2.34. The first-order chi connectivity index (χ1) is 10.8. The highest BCUT2D eigenvalue weighted by molar-refractivity contribution is 7.80. The third-order valence-corrected chi connectivity index (χ3v) is 5.25. The van der Waals surface area contributed by atoms with Crippen LogP contribution in [0.1, 0.15) is 24.0 Å². The Labute approximate surface area is 137 Å². The minimum atomic E-state index is 0.659. The van der Waals surface area contributed by atoms with Crippen molar-refractivity contribution in [3.8, 4) is 5.75 Å². The molecule has 2 heterocycles. The lowest BCUT2D eigenvalue weighted by molar-refractivity contribution is -0.917. The molecule has 2 N–H and O–H groups in total. The summed E-state index contributed by atoms with van der Waals surface area (Å²) >= 11 is 5.50. The van der Waals surface area contributed by atoms with Crippen molar-refractivity contribution < 1.29 is 9.64 Å². The third kappa shape index (κ3) is 3.20. The van der Waals surface area contributed by atoms with E-state index in [9.17, 15) is 0 Å². The molecule has 0 bridgehead atoms. The molecule has 118 valence electrons. The molecule has 0 spiro atoms. The van der Waals surface area contributed by atoms with E-state index in [-0.39, 0.29) is 0 Å². The van der Waals surface area contributed by atoms with Gasteiger partial charge < -0.3 is 19.9 Å². The standard InChI is InChI=1S/C17H23N3OS/c22-17(18-15-2-3-15)20-8-6-19(7-9-20)12-13-1-4-16-14(11-13)5-10-21-16/h1,4,11,15H,2-3,5-10,12H2,(H,18,22)/p+1. The molecule has 3 aliphatic rings. The molecule has 0 atom stereocenters. The summed E-state index contributed by atoms with van der Waals surface area (Å²) in [5.41, 5.74) is 2.82. The van der Waals surface area contributed by atoms with Crippen LogP contribution < -0.4 is 15.0 Å². The number of nitrogens with one attached hydrogen (secondary N) is 2. The van der Waals surface area contributed by atoms with Crippen molar-refractivity contribution in [1.29, 1.82) is 0 Å². The fourth-order valence-corrected chi connectivity index (χ4v) is 3.68. The SMILES string of the molecule is S=C(NC1CC1)N1CC[NH+](Cc2ccc3c(c2)CCO3)CC1. The Hall–Kier alpha value is -1.33. The van der Waals surface area contributed by atoms with Crippen molar-refractivity contribution in [3.05, 3.63) is 29.3 Å². The fraction of sp³-hybridized carbons (Fsp3) is 0.588. The highest BCUT2D eigenvalue weighted by Crippen LogP contribution is 2.25. The molecule has 0 aromatic heterocycles. The highest BCUT2D eigenvalue weighted by atomic mass is 32.1. The van der Waals surface area contributed by atoms with Crippen LogP contribution in [-0.2, 0) is 13.0 Å². The summed E-state index contributed by atoms with van der Waals surface area (Å²) in [6, 6.07) is 7.36. The minimum absolute atomic E-state index is 0.659. The quantitative estimate of drug-likeness (QED) is 0.788. The Bertz CT molecular complexity index is 565. The van der Waals surface area contributed by atoms with Crippen molar-refractivity contribution in [2.45, 2.75) is 31.8 Å². The zero-order valence-electron chi connectivity index (χ0n) is 12.9. The zero-order chi connectivity index (χ0) is 14.9. The Kier molecular flexibility index (Phi) is 3.92. The largest absolute Gasteiger partial charge is 0.493 e. The number of rotatable bonds is 3. The molecule has 1 saturated carbocycles. The monoisotopic (exact) mass is 318 g/mol. The number of hydrogen-bond donors (Lipinski definition) is 2. The third-order valence-electron chi connectivity index (χ3n) is 4.87. The molecular weight excluding hydrogens is 294 g/mol. The van der Waals surface area contributed by atoms with Gasteiger partial charge in [-0.2, -0.15) is 0 Å². The summed E-state index contributed by atoms with van der Waals surface area (Å²) in [7, 11) is 0. The summed E-state index contributed by atoms with van der Waals surface area (Å²) in [6.45, 7) is 6.43. The van der Waals surface area contributed by atoms with Crippen molar-refractivity contribution in [2.24, 2.45) is 0 Å². The van der Waals surface area contributed by atoms with Crippen LogP contribution in [0.15, 0.2) is 18.2 Å². The van der Waals surface area contributed by atoms with Crippen LogP contribution in [-0.4, -0.2) is 48.8 Å². The zero-order valence-corrected chi connectivity index (χ0v) is 13.8. The van der Waals surface area contributed by atoms with Crippen LogP contribution in [0.25, 0.3) is 0 Å². The molecule has 2 aliphatic heterocycles. The normalized spacial score (nSPS) is 21.4. The van der Waals surface area contributed by atoms with E-state index in [1.54, 1.807) is 4.90 Å². The summed E-state index contributed by atoms with van der Waals surface area (Å²) in [6.07, 6.45) is 3.63. The first-order valence-corrected chi connectivity index (χ1v) is 8.82. The summed E-state index contributed by atoms with van der Waals surface area (Å²) in [5, 5.41) is 4.42. The van der Waals surface area contributed by atoms with E-state index < -0.39 is 0 Å². The maximum absolute atomic E-state index is 5.59. The maximum atomic E-state index is 5.59. The number of piperazine rings is 1.